The van der Waals surface area contributed by atoms with Crippen LogP contribution in [0.1, 0.15) is 48.0 Å². The monoisotopic (exact) mass is 522 g/mol. The first-order valence-corrected chi connectivity index (χ1v) is 13.0. The smallest absolute Gasteiger partial charge is 0.326 e. The summed E-state index contributed by atoms with van der Waals surface area (Å²) in [4.78, 5) is 28.8. The molecule has 0 saturated carbocycles. The van der Waals surface area contributed by atoms with Crippen LogP contribution in [0.15, 0.2) is 47.5 Å². The Morgan fingerprint density at radius 1 is 1.09 bits per heavy atom. The maximum atomic E-state index is 12.6. The van der Waals surface area contributed by atoms with Crippen molar-refractivity contribution in [1.82, 2.24) is 5.32 Å². The van der Waals surface area contributed by atoms with Crippen LogP contribution < -0.4 is 10.1 Å². The summed E-state index contributed by atoms with van der Waals surface area (Å²) in [5.41, 5.74) is 0.822. The van der Waals surface area contributed by atoms with Gasteiger partial charge in [0.25, 0.3) is 5.91 Å². The Morgan fingerprint density at radius 3 is 2.47 bits per heavy atom. The Balaban J connectivity index is 1.44. The van der Waals surface area contributed by atoms with Gasteiger partial charge in [-0.3, -0.25) is 9.79 Å². The summed E-state index contributed by atoms with van der Waals surface area (Å²) in [6.45, 7) is 1.60. The van der Waals surface area contributed by atoms with Crippen molar-refractivity contribution in [2.24, 2.45) is 4.99 Å². The van der Waals surface area contributed by atoms with E-state index in [0.29, 0.717) is 6.61 Å². The van der Waals surface area contributed by atoms with E-state index in [0.717, 1.165) is 43.5 Å². The highest BCUT2D eigenvalue weighted by atomic mass is 35.5. The van der Waals surface area contributed by atoms with Crippen molar-refractivity contribution in [1.29, 1.82) is 0 Å². The highest BCUT2D eigenvalue weighted by Crippen LogP contribution is 2.24. The first-order chi connectivity index (χ1) is 16.4. The zero-order valence-electron chi connectivity index (χ0n) is 18.8. The first kappa shape index (κ1) is 26.4. The lowest BCUT2D eigenvalue weighted by Gasteiger charge is -2.16. The third-order valence-corrected chi connectivity index (χ3v) is 7.11. The minimum absolute atomic E-state index is 0.0614. The number of thioether (sulfide) groups is 1. The Kier molecular flexibility index (Phi) is 10.6. The van der Waals surface area contributed by atoms with Crippen molar-refractivity contribution in [2.75, 3.05) is 18.9 Å². The van der Waals surface area contributed by atoms with Crippen LogP contribution in [-0.2, 0) is 11.2 Å². The normalized spacial score (nSPS) is 14.2. The largest absolute Gasteiger partial charge is 0.494 e. The molecular formula is C25H28Cl2N2O4S. The van der Waals surface area contributed by atoms with Gasteiger partial charge >= 0.3 is 5.97 Å². The minimum Gasteiger partial charge on any atom is -0.494 e. The van der Waals surface area contributed by atoms with Crippen LogP contribution in [0, 0.1) is 0 Å². The summed E-state index contributed by atoms with van der Waals surface area (Å²) < 4.78 is 5.80. The summed E-state index contributed by atoms with van der Waals surface area (Å²) >= 11 is 14.0. The second kappa shape index (κ2) is 13.6. The Labute approximate surface area is 214 Å². The third-order valence-electron chi connectivity index (χ3n) is 5.32. The molecule has 0 aliphatic carbocycles. The summed E-state index contributed by atoms with van der Waals surface area (Å²) in [7, 11) is 0. The molecule has 0 radical (unpaired) electrons. The number of amides is 1. The van der Waals surface area contributed by atoms with Crippen molar-refractivity contribution in [3.05, 3.63) is 63.6 Å². The Morgan fingerprint density at radius 2 is 1.82 bits per heavy atom. The molecule has 34 heavy (non-hydrogen) atoms. The molecule has 2 N–H and O–H groups in total. The van der Waals surface area contributed by atoms with Gasteiger partial charge in [-0.2, -0.15) is 0 Å². The number of nitrogens with zero attached hydrogens (tertiary/aromatic N) is 1. The lowest BCUT2D eigenvalue weighted by Crippen LogP contribution is -2.42. The van der Waals surface area contributed by atoms with Crippen LogP contribution in [0.5, 0.6) is 5.75 Å². The van der Waals surface area contributed by atoms with Crippen LogP contribution in [0.25, 0.3) is 0 Å². The molecule has 1 atom stereocenters. The molecule has 0 fully saturated rings. The van der Waals surface area contributed by atoms with Crippen LogP contribution in [-0.4, -0.2) is 47.0 Å². The quantitative estimate of drug-likeness (QED) is 0.339. The number of nitrogens with one attached hydrogen (secondary N) is 1. The van der Waals surface area contributed by atoms with Gasteiger partial charge in [0, 0.05) is 18.7 Å². The van der Waals surface area contributed by atoms with Crippen molar-refractivity contribution >= 4 is 51.9 Å². The molecule has 0 spiro atoms. The van der Waals surface area contributed by atoms with E-state index in [-0.39, 0.29) is 22.0 Å². The van der Waals surface area contributed by atoms with E-state index in [9.17, 15) is 14.7 Å². The molecule has 1 heterocycles. The Bertz CT molecular complexity index is 994. The van der Waals surface area contributed by atoms with E-state index in [1.807, 2.05) is 23.9 Å². The van der Waals surface area contributed by atoms with Gasteiger partial charge < -0.3 is 15.2 Å². The topological polar surface area (TPSA) is 88.0 Å². The van der Waals surface area contributed by atoms with Crippen molar-refractivity contribution in [3.8, 4) is 5.75 Å². The highest BCUT2D eigenvalue weighted by molar-refractivity contribution is 8.14. The number of halogens is 2. The molecule has 9 heteroatoms. The predicted molar refractivity (Wildman–Crippen MR) is 139 cm³/mol. The molecule has 182 valence electrons. The number of hydrogen-bond acceptors (Lipinski definition) is 5. The van der Waals surface area contributed by atoms with Crippen molar-refractivity contribution in [2.45, 2.75) is 44.6 Å². The Hall–Kier alpha value is -2.22. The summed E-state index contributed by atoms with van der Waals surface area (Å²) in [5, 5.41) is 13.7. The number of rotatable bonds is 12. The maximum absolute atomic E-state index is 12.6. The third kappa shape index (κ3) is 8.22. The van der Waals surface area contributed by atoms with Crippen molar-refractivity contribution in [3.63, 3.8) is 0 Å². The lowest BCUT2D eigenvalue weighted by atomic mass is 10.1. The number of hydrogen-bond donors (Lipinski definition) is 2. The maximum Gasteiger partial charge on any atom is 0.326 e. The molecule has 1 amide bonds. The average Bonchev–Trinajstić information content (AvgIpc) is 2.82. The molecule has 0 unspecified atom stereocenters. The summed E-state index contributed by atoms with van der Waals surface area (Å²) in [6.07, 6.45) is 5.54. The van der Waals surface area contributed by atoms with Gasteiger partial charge in [0.05, 0.1) is 27.3 Å². The number of aliphatic carboxylic acids is 1. The van der Waals surface area contributed by atoms with E-state index in [1.54, 1.807) is 18.2 Å². The molecule has 0 aromatic heterocycles. The molecule has 2 aromatic carbocycles. The first-order valence-electron chi connectivity index (χ1n) is 11.3. The molecule has 1 aliphatic rings. The van der Waals surface area contributed by atoms with Gasteiger partial charge in [0.2, 0.25) is 0 Å². The van der Waals surface area contributed by atoms with E-state index < -0.39 is 17.9 Å². The fourth-order valence-corrected chi connectivity index (χ4v) is 5.05. The van der Waals surface area contributed by atoms with Crippen LogP contribution >= 0.6 is 35.0 Å². The van der Waals surface area contributed by atoms with Crippen molar-refractivity contribution < 1.29 is 19.4 Å². The van der Waals surface area contributed by atoms with E-state index >= 15 is 0 Å². The van der Waals surface area contributed by atoms with Gasteiger partial charge in [-0.1, -0.05) is 41.4 Å². The molecule has 1 aliphatic heterocycles. The van der Waals surface area contributed by atoms with E-state index in [4.69, 9.17) is 27.9 Å². The van der Waals surface area contributed by atoms with Gasteiger partial charge in [-0.15, -0.1) is 11.8 Å². The van der Waals surface area contributed by atoms with Crippen LogP contribution in [0.4, 0.5) is 0 Å². The standard InChI is InChI=1S/C25H28Cl2N2O4S/c26-19-6-4-7-20(27)23(19)24(30)29-21(25(31)32)16-17-9-11-18(12-10-17)33-14-3-1-2-8-22-28-13-5-15-34-22/h4,6-7,9-12,21H,1-3,5,8,13-16H2,(H,29,30)(H,31,32)/t21-/m0/s1. The average molecular weight is 523 g/mol. The summed E-state index contributed by atoms with van der Waals surface area (Å²) in [6, 6.07) is 10.8. The number of carbonyl (C=O) groups is 2. The fraction of sp³-hybridized carbons (Fsp3) is 0.400. The van der Waals surface area contributed by atoms with Crippen LogP contribution in [0.3, 0.4) is 0 Å². The molecule has 0 bridgehead atoms. The van der Waals surface area contributed by atoms with E-state index in [2.05, 4.69) is 10.3 Å². The number of aliphatic imine (C=N–C) groups is 1. The van der Waals surface area contributed by atoms with Crippen LogP contribution in [0.2, 0.25) is 10.0 Å². The van der Waals surface area contributed by atoms with Gasteiger partial charge in [0.1, 0.15) is 11.8 Å². The molecule has 3 rings (SSSR count). The molecule has 0 saturated heterocycles. The number of carboxylic acids is 1. The van der Waals surface area contributed by atoms with Gasteiger partial charge in [0.15, 0.2) is 0 Å². The number of carboxylic acid groups (broad SMARTS) is 1. The fourth-order valence-electron chi connectivity index (χ4n) is 3.50. The second-order valence-electron chi connectivity index (χ2n) is 7.95. The van der Waals surface area contributed by atoms with Gasteiger partial charge in [-0.05, 0) is 61.9 Å². The number of unbranched alkanes of at least 4 members (excludes halogenated alkanes) is 2. The summed E-state index contributed by atoms with van der Waals surface area (Å²) in [5.74, 6) is 0.147. The number of benzene rings is 2. The minimum atomic E-state index is -1.14. The predicted octanol–water partition coefficient (Wildman–Crippen LogP) is 5.89. The number of carbonyl (C=O) groups excluding carboxylic acids is 1. The molecule has 2 aromatic rings. The number of ether oxygens (including phenoxy) is 1. The lowest BCUT2D eigenvalue weighted by molar-refractivity contribution is -0.139. The zero-order chi connectivity index (χ0) is 24.3. The second-order valence-corrected chi connectivity index (χ2v) is 9.93. The molecular weight excluding hydrogens is 495 g/mol. The van der Waals surface area contributed by atoms with E-state index in [1.165, 1.54) is 29.4 Å². The van der Waals surface area contributed by atoms with Gasteiger partial charge in [-0.25, -0.2) is 4.79 Å². The molecule has 6 nitrogen and oxygen atoms in total. The zero-order valence-corrected chi connectivity index (χ0v) is 21.1. The SMILES string of the molecule is O=C(N[C@@H](Cc1ccc(OCCCCCC2=NCCCS2)cc1)C(=O)O)c1c(Cl)cccc1Cl. The highest BCUT2D eigenvalue weighted by Gasteiger charge is 2.23.